The van der Waals surface area contributed by atoms with E-state index >= 15 is 0 Å². The van der Waals surface area contributed by atoms with Crippen LogP contribution in [0.2, 0.25) is 0 Å². The van der Waals surface area contributed by atoms with Gasteiger partial charge in [0, 0.05) is 6.54 Å². The van der Waals surface area contributed by atoms with Crippen LogP contribution in [0.4, 0.5) is 0 Å². The lowest BCUT2D eigenvalue weighted by Crippen LogP contribution is -2.24. The van der Waals surface area contributed by atoms with Crippen molar-refractivity contribution in [3.63, 3.8) is 0 Å². The van der Waals surface area contributed by atoms with Crippen molar-refractivity contribution < 1.29 is 14.3 Å². The molecule has 0 aliphatic carbocycles. The molecule has 1 rings (SSSR count). The molecule has 1 aliphatic rings. The summed E-state index contributed by atoms with van der Waals surface area (Å²) < 4.78 is 4.74. The second-order valence-corrected chi connectivity index (χ2v) is 4.26. The molecule has 0 aromatic carbocycles. The summed E-state index contributed by atoms with van der Waals surface area (Å²) in [6, 6.07) is 0. The van der Waals surface area contributed by atoms with Gasteiger partial charge in [-0.25, -0.2) is 4.79 Å². The molecule has 0 saturated carbocycles. The predicted octanol–water partition coefficient (Wildman–Crippen LogP) is 0.308. The summed E-state index contributed by atoms with van der Waals surface area (Å²) in [4.78, 5) is 22.1. The monoisotopic (exact) mass is 226 g/mol. The van der Waals surface area contributed by atoms with Crippen molar-refractivity contribution in [3.05, 3.63) is 11.3 Å². The molecular formula is C11H18N2O3. The minimum atomic E-state index is -0.728. The van der Waals surface area contributed by atoms with Crippen molar-refractivity contribution in [2.24, 2.45) is 11.7 Å². The average molecular weight is 226 g/mol. The van der Waals surface area contributed by atoms with E-state index in [2.05, 4.69) is 19.2 Å². The van der Waals surface area contributed by atoms with Crippen LogP contribution in [-0.2, 0) is 14.3 Å². The molecule has 5 nitrogen and oxygen atoms in total. The first kappa shape index (κ1) is 12.5. The van der Waals surface area contributed by atoms with Gasteiger partial charge in [-0.3, -0.25) is 4.79 Å². The number of primary amides is 1. The van der Waals surface area contributed by atoms with Gasteiger partial charge in [0.15, 0.2) is 0 Å². The van der Waals surface area contributed by atoms with Crippen LogP contribution in [-0.4, -0.2) is 25.0 Å². The number of ether oxygens (including phenoxy) is 1. The largest absolute Gasteiger partial charge is 0.455 e. The Balaban J connectivity index is 2.46. The molecule has 1 heterocycles. The number of amides is 1. The number of cyclic esters (lactones) is 1. The van der Waals surface area contributed by atoms with Gasteiger partial charge in [0.1, 0.15) is 12.2 Å². The van der Waals surface area contributed by atoms with Crippen LogP contribution in [0.1, 0.15) is 26.7 Å². The Kier molecular flexibility index (Phi) is 4.34. The second kappa shape index (κ2) is 5.53. The van der Waals surface area contributed by atoms with Gasteiger partial charge in [-0.2, -0.15) is 0 Å². The normalized spacial score (nSPS) is 15.6. The molecule has 16 heavy (non-hydrogen) atoms. The fraction of sp³-hybridized carbons (Fsp3) is 0.636. The highest BCUT2D eigenvalue weighted by Crippen LogP contribution is 2.13. The molecule has 0 aromatic rings. The summed E-state index contributed by atoms with van der Waals surface area (Å²) >= 11 is 0. The van der Waals surface area contributed by atoms with E-state index in [9.17, 15) is 9.59 Å². The highest BCUT2D eigenvalue weighted by atomic mass is 16.5. The first-order chi connectivity index (χ1) is 7.52. The maximum Gasteiger partial charge on any atom is 0.346 e. The third-order valence-electron chi connectivity index (χ3n) is 2.40. The zero-order valence-corrected chi connectivity index (χ0v) is 9.71. The number of esters is 1. The van der Waals surface area contributed by atoms with E-state index in [-0.39, 0.29) is 12.2 Å². The van der Waals surface area contributed by atoms with Gasteiger partial charge in [-0.05, 0) is 18.8 Å². The van der Waals surface area contributed by atoms with Crippen LogP contribution < -0.4 is 11.1 Å². The zero-order valence-electron chi connectivity index (χ0n) is 9.71. The topological polar surface area (TPSA) is 81.4 Å². The number of hydrogen-bond acceptors (Lipinski definition) is 4. The molecule has 0 fully saturated rings. The Morgan fingerprint density at radius 3 is 2.81 bits per heavy atom. The van der Waals surface area contributed by atoms with Crippen molar-refractivity contribution in [2.45, 2.75) is 26.7 Å². The SMILES string of the molecule is CC(C)CCCNC1=C(C(N)=O)C(=O)OC1. The first-order valence-corrected chi connectivity index (χ1v) is 5.46. The Hall–Kier alpha value is -1.52. The van der Waals surface area contributed by atoms with Crippen molar-refractivity contribution >= 4 is 11.9 Å². The lowest BCUT2D eigenvalue weighted by molar-refractivity contribution is -0.137. The van der Waals surface area contributed by atoms with E-state index in [0.717, 1.165) is 19.4 Å². The molecule has 0 radical (unpaired) electrons. The quantitative estimate of drug-likeness (QED) is 0.388. The van der Waals surface area contributed by atoms with Crippen LogP contribution >= 0.6 is 0 Å². The number of rotatable bonds is 6. The summed E-state index contributed by atoms with van der Waals surface area (Å²) in [6.07, 6.45) is 2.09. The number of hydrogen-bond donors (Lipinski definition) is 2. The fourth-order valence-electron chi connectivity index (χ4n) is 1.54. The Bertz CT molecular complexity index is 321. The van der Waals surface area contributed by atoms with Gasteiger partial charge in [0.25, 0.3) is 5.91 Å². The van der Waals surface area contributed by atoms with E-state index in [0.29, 0.717) is 11.6 Å². The molecule has 0 spiro atoms. The summed E-state index contributed by atoms with van der Waals surface area (Å²) in [6.45, 7) is 5.15. The van der Waals surface area contributed by atoms with Crippen LogP contribution in [0.3, 0.4) is 0 Å². The number of nitrogens with one attached hydrogen (secondary N) is 1. The Labute approximate surface area is 95.0 Å². The Morgan fingerprint density at radius 2 is 2.25 bits per heavy atom. The lowest BCUT2D eigenvalue weighted by Gasteiger charge is -2.07. The van der Waals surface area contributed by atoms with Crippen LogP contribution in [0.25, 0.3) is 0 Å². The predicted molar refractivity (Wildman–Crippen MR) is 59.3 cm³/mol. The third-order valence-corrected chi connectivity index (χ3v) is 2.40. The molecule has 5 heteroatoms. The standard InChI is InChI=1S/C11H18N2O3/c1-7(2)4-3-5-13-8-6-16-11(15)9(8)10(12)14/h7,13H,3-6H2,1-2H3,(H2,12,14). The number of nitrogens with two attached hydrogens (primary N) is 1. The highest BCUT2D eigenvalue weighted by molar-refractivity contribution is 6.17. The maximum atomic E-state index is 11.1. The summed E-state index contributed by atoms with van der Waals surface area (Å²) in [5, 5.41) is 3.03. The van der Waals surface area contributed by atoms with Crippen molar-refractivity contribution in [1.82, 2.24) is 5.32 Å². The molecule has 0 unspecified atom stereocenters. The lowest BCUT2D eigenvalue weighted by atomic mass is 10.1. The van der Waals surface area contributed by atoms with Gasteiger partial charge in [0.2, 0.25) is 0 Å². The van der Waals surface area contributed by atoms with Gasteiger partial charge >= 0.3 is 5.97 Å². The number of carbonyl (C=O) groups is 2. The van der Waals surface area contributed by atoms with Gasteiger partial charge in [0.05, 0.1) is 5.70 Å². The van der Waals surface area contributed by atoms with Crippen molar-refractivity contribution in [2.75, 3.05) is 13.2 Å². The minimum Gasteiger partial charge on any atom is -0.455 e. The molecule has 0 aromatic heterocycles. The minimum absolute atomic E-state index is 0.0375. The fourth-order valence-corrected chi connectivity index (χ4v) is 1.54. The molecule has 90 valence electrons. The van der Waals surface area contributed by atoms with Gasteiger partial charge in [-0.15, -0.1) is 0 Å². The average Bonchev–Trinajstić information content (AvgIpc) is 2.54. The second-order valence-electron chi connectivity index (χ2n) is 4.26. The molecule has 0 saturated heterocycles. The summed E-state index contributed by atoms with van der Waals surface area (Å²) in [7, 11) is 0. The molecule has 1 amide bonds. The summed E-state index contributed by atoms with van der Waals surface area (Å²) in [5.41, 5.74) is 5.57. The molecule has 0 bridgehead atoms. The van der Waals surface area contributed by atoms with E-state index in [1.807, 2.05) is 0 Å². The van der Waals surface area contributed by atoms with Gasteiger partial charge in [-0.1, -0.05) is 13.8 Å². The first-order valence-electron chi connectivity index (χ1n) is 5.46. The van der Waals surface area contributed by atoms with Crippen molar-refractivity contribution in [1.29, 1.82) is 0 Å². The zero-order chi connectivity index (χ0) is 12.1. The molecule has 3 N–H and O–H groups in total. The van der Waals surface area contributed by atoms with Crippen LogP contribution in [0.5, 0.6) is 0 Å². The van der Waals surface area contributed by atoms with E-state index in [1.54, 1.807) is 0 Å². The number of carbonyl (C=O) groups excluding carboxylic acids is 2. The maximum absolute atomic E-state index is 11.1. The van der Waals surface area contributed by atoms with Crippen LogP contribution in [0, 0.1) is 5.92 Å². The van der Waals surface area contributed by atoms with Crippen molar-refractivity contribution in [3.8, 4) is 0 Å². The molecular weight excluding hydrogens is 208 g/mol. The van der Waals surface area contributed by atoms with E-state index in [1.165, 1.54) is 0 Å². The summed E-state index contributed by atoms with van der Waals surface area (Å²) in [5.74, 6) is -0.708. The van der Waals surface area contributed by atoms with Crippen LogP contribution in [0.15, 0.2) is 11.3 Å². The van der Waals surface area contributed by atoms with E-state index in [4.69, 9.17) is 10.5 Å². The Morgan fingerprint density at radius 1 is 1.56 bits per heavy atom. The third kappa shape index (κ3) is 3.25. The molecule has 0 atom stereocenters. The molecule has 1 aliphatic heterocycles. The smallest absolute Gasteiger partial charge is 0.346 e. The van der Waals surface area contributed by atoms with E-state index < -0.39 is 11.9 Å². The van der Waals surface area contributed by atoms with Gasteiger partial charge < -0.3 is 15.8 Å². The highest BCUT2D eigenvalue weighted by Gasteiger charge is 2.28.